The highest BCUT2D eigenvalue weighted by Gasteiger charge is 2.66. The molecular weight excluding hydrogens is 805 g/mol. The number of aliphatic hydroxyl groups is 4. The molecule has 0 aromatic carbocycles. The van der Waals surface area contributed by atoms with Crippen molar-refractivity contribution in [3.05, 3.63) is 23.8 Å². The van der Waals surface area contributed by atoms with E-state index >= 15 is 0 Å². The zero-order valence-corrected chi connectivity index (χ0v) is 37.3. The van der Waals surface area contributed by atoms with Gasteiger partial charge in [0.05, 0.1) is 48.6 Å². The van der Waals surface area contributed by atoms with Crippen molar-refractivity contribution < 1.29 is 72.6 Å². The van der Waals surface area contributed by atoms with Crippen LogP contribution in [-0.2, 0) is 52.2 Å². The molecule has 8 fully saturated rings. The number of ether oxygens (including phenoxy) is 9. The van der Waals surface area contributed by atoms with E-state index in [0.29, 0.717) is 57.8 Å². The van der Waals surface area contributed by atoms with Crippen molar-refractivity contribution in [2.24, 2.45) is 17.8 Å². The van der Waals surface area contributed by atoms with E-state index in [2.05, 4.69) is 19.9 Å². The van der Waals surface area contributed by atoms with Gasteiger partial charge in [0.15, 0.2) is 17.4 Å². The number of allylic oxidation sites excluding steroid dienone is 3. The number of carbonyl (C=O) groups is 2. The Labute approximate surface area is 365 Å². The number of Topliss-reactive ketones (excluding diaryl/α,β-unsaturated/α-hetero) is 1. The van der Waals surface area contributed by atoms with E-state index < -0.39 is 107 Å². The molecule has 0 aromatic rings. The van der Waals surface area contributed by atoms with Crippen molar-refractivity contribution in [3.63, 3.8) is 0 Å². The van der Waals surface area contributed by atoms with Crippen LogP contribution >= 0.6 is 0 Å². The molecule has 9 rings (SSSR count). The summed E-state index contributed by atoms with van der Waals surface area (Å²) in [5.41, 5.74) is -1.73. The van der Waals surface area contributed by atoms with Gasteiger partial charge in [-0.2, -0.15) is 0 Å². The molecule has 9 aliphatic rings. The summed E-state index contributed by atoms with van der Waals surface area (Å²) >= 11 is 0. The normalized spacial score (nSPS) is 55.0. The van der Waals surface area contributed by atoms with Gasteiger partial charge in [0, 0.05) is 38.5 Å². The van der Waals surface area contributed by atoms with Crippen LogP contribution in [0.2, 0.25) is 0 Å². The van der Waals surface area contributed by atoms with Crippen molar-refractivity contribution in [1.29, 1.82) is 0 Å². The Hall–Kier alpha value is -1.86. The third-order valence-corrected chi connectivity index (χ3v) is 16.0. The van der Waals surface area contributed by atoms with Crippen molar-refractivity contribution >= 4 is 11.8 Å². The first-order valence-electron chi connectivity index (χ1n) is 23.5. The highest BCUT2D eigenvalue weighted by Crippen LogP contribution is 2.55. The van der Waals surface area contributed by atoms with Crippen molar-refractivity contribution in [1.82, 2.24) is 0 Å². The maximum absolute atomic E-state index is 14.1. The number of carbonyl (C=O) groups excluding carboxylic acids is 2. The monoisotopic (exact) mass is 874 g/mol. The lowest BCUT2D eigenvalue weighted by Crippen LogP contribution is -2.59. The zero-order valence-electron chi connectivity index (χ0n) is 37.3. The summed E-state index contributed by atoms with van der Waals surface area (Å²) in [4.78, 5) is 28.0. The second-order valence-corrected chi connectivity index (χ2v) is 21.2. The Morgan fingerprint density at radius 2 is 1.60 bits per heavy atom. The van der Waals surface area contributed by atoms with Gasteiger partial charge in [0.25, 0.3) is 0 Å². The Balaban J connectivity index is 1.01. The van der Waals surface area contributed by atoms with Gasteiger partial charge >= 0.3 is 5.97 Å². The fourth-order valence-electron chi connectivity index (χ4n) is 12.5. The Morgan fingerprint density at radius 3 is 2.39 bits per heavy atom. The third-order valence-electron chi connectivity index (χ3n) is 16.0. The molecule has 9 heterocycles. The minimum atomic E-state index is -1.97. The summed E-state index contributed by atoms with van der Waals surface area (Å²) in [7, 11) is 0. The molecule has 0 amide bonds. The molecule has 0 radical (unpaired) electrons. The van der Waals surface area contributed by atoms with Crippen LogP contribution < -0.4 is 0 Å². The average Bonchev–Trinajstić information content (AvgIpc) is 4.06. The molecule has 2 spiro atoms. The predicted molar refractivity (Wildman–Crippen MR) is 219 cm³/mol. The van der Waals surface area contributed by atoms with Gasteiger partial charge in [-0.1, -0.05) is 37.6 Å². The van der Waals surface area contributed by atoms with E-state index in [9.17, 15) is 30.0 Å². The zero-order chi connectivity index (χ0) is 44.0. The molecule has 0 aromatic heterocycles. The molecule has 15 heteroatoms. The molecule has 4 N–H and O–H groups in total. The molecule has 0 aliphatic carbocycles. The second kappa shape index (κ2) is 16.5. The van der Waals surface area contributed by atoms with E-state index in [4.69, 9.17) is 42.6 Å². The number of ketones is 1. The lowest BCUT2D eigenvalue weighted by atomic mass is 9.87. The number of esters is 1. The van der Waals surface area contributed by atoms with Crippen LogP contribution in [0.15, 0.2) is 23.8 Å². The highest BCUT2D eigenvalue weighted by atomic mass is 16.8. The van der Waals surface area contributed by atoms with Crippen LogP contribution in [0.25, 0.3) is 0 Å². The summed E-state index contributed by atoms with van der Waals surface area (Å²) < 4.78 is 58.8. The van der Waals surface area contributed by atoms with Crippen LogP contribution in [0.5, 0.6) is 0 Å². The van der Waals surface area contributed by atoms with Crippen molar-refractivity contribution in [2.75, 3.05) is 13.2 Å². The highest BCUT2D eigenvalue weighted by molar-refractivity contribution is 5.86. The molecular formula is C47H70O15. The van der Waals surface area contributed by atoms with E-state index in [-0.39, 0.29) is 50.1 Å². The lowest BCUT2D eigenvalue weighted by Gasteiger charge is -2.47. The molecule has 0 saturated carbocycles. The summed E-state index contributed by atoms with van der Waals surface area (Å²) in [6.07, 6.45) is 4.76. The summed E-state index contributed by atoms with van der Waals surface area (Å²) in [6, 6.07) is 0. The first kappa shape index (κ1) is 45.3. The average molecular weight is 875 g/mol. The molecule has 10 bridgehead atoms. The Kier molecular flexibility index (Phi) is 12.0. The summed E-state index contributed by atoms with van der Waals surface area (Å²) in [5, 5.41) is 45.5. The number of aliphatic hydroxyl groups excluding tert-OH is 3. The van der Waals surface area contributed by atoms with Gasteiger partial charge < -0.3 is 63.1 Å². The van der Waals surface area contributed by atoms with Crippen LogP contribution in [-0.4, -0.2) is 141 Å². The van der Waals surface area contributed by atoms with Gasteiger partial charge in [-0.05, 0) is 90.9 Å². The summed E-state index contributed by atoms with van der Waals surface area (Å²) in [5.74, 6) is -5.63. The number of hydrogen-bond donors (Lipinski definition) is 4. The molecule has 15 nitrogen and oxygen atoms in total. The molecule has 62 heavy (non-hydrogen) atoms. The van der Waals surface area contributed by atoms with E-state index in [0.717, 1.165) is 18.4 Å². The van der Waals surface area contributed by atoms with Gasteiger partial charge in [0.1, 0.15) is 48.3 Å². The van der Waals surface area contributed by atoms with Crippen molar-refractivity contribution in [2.45, 2.75) is 227 Å². The number of hydrogen-bond acceptors (Lipinski definition) is 15. The van der Waals surface area contributed by atoms with Crippen LogP contribution in [0.3, 0.4) is 0 Å². The van der Waals surface area contributed by atoms with Crippen molar-refractivity contribution in [3.8, 4) is 0 Å². The predicted octanol–water partition coefficient (Wildman–Crippen LogP) is 4.23. The maximum atomic E-state index is 14.1. The summed E-state index contributed by atoms with van der Waals surface area (Å²) in [6.45, 7) is 11.7. The van der Waals surface area contributed by atoms with Crippen LogP contribution in [0, 0.1) is 17.8 Å². The van der Waals surface area contributed by atoms with E-state index in [1.165, 1.54) is 0 Å². The molecule has 8 saturated heterocycles. The largest absolute Gasteiger partial charge is 0.459 e. The smallest absolute Gasteiger partial charge is 0.311 e. The van der Waals surface area contributed by atoms with Crippen LogP contribution in [0.4, 0.5) is 0 Å². The molecule has 19 atom stereocenters. The fourth-order valence-corrected chi connectivity index (χ4v) is 12.5. The molecule has 348 valence electrons. The van der Waals surface area contributed by atoms with Gasteiger partial charge in [-0.25, -0.2) is 0 Å². The van der Waals surface area contributed by atoms with E-state index in [1.54, 1.807) is 13.8 Å². The SMILES string of the molecule is CC1=C\[C@H](C)C[C@@]2(C)CC[C@@H](O2)[C@]23CC[C@@](CO)(C[C@@H](O2)[C@H]2O[C@](C)(CC2=O)[C@@H](O)[C@@H]2CC[C@]4(CCC[C@H](O4)[C@@H](C)C(=O)O[C@@H]4C[C@@H]([C@@]5(O)OCC[C@@H](C)[C@H]5O)O[C@@H]4\C=C\1)O2)O3. The number of fused-ring (bicyclic) bond motifs is 10. The number of rotatable bonds is 2. The third kappa shape index (κ3) is 8.09. The van der Waals surface area contributed by atoms with E-state index in [1.807, 2.05) is 26.0 Å². The van der Waals surface area contributed by atoms with Crippen LogP contribution in [0.1, 0.15) is 131 Å². The topological polar surface area (TPSA) is 198 Å². The molecule has 0 unspecified atom stereocenters. The Bertz CT molecular complexity index is 1770. The van der Waals surface area contributed by atoms with Gasteiger partial charge in [0.2, 0.25) is 5.79 Å². The lowest BCUT2D eigenvalue weighted by molar-refractivity contribution is -0.365. The first-order chi connectivity index (χ1) is 29.3. The first-order valence-corrected chi connectivity index (χ1v) is 23.5. The molecule has 9 aliphatic heterocycles. The second-order valence-electron chi connectivity index (χ2n) is 21.2. The fraction of sp³-hybridized carbons (Fsp3) is 0.872. The standard InChI is InChI=1S/C47H70O15/c1-26-9-10-32-34(21-37(55-32)47(53)39(50)28(3)13-19-54-47)56-41(52)29(4)31-8-7-14-45(57-31)16-11-33(58-45)40(51)43(6)23-30(49)38(61-43)35-24-44(25-48)17-18-46(59-35,62-44)36-12-15-42(5,60-36)22-27(2)20-26/h9-10,20,27-29,31-40,48,50-51,53H,7-8,11-19,21-25H2,1-6H3/b10-9+,26-20+/t27-,28+,29+,31-,32+,33-,34+,35+,36+,37-,38-,39+,40-,42+,43+,44-,45-,46+,47+/m0/s1. The minimum absolute atomic E-state index is 0.0379. The van der Waals surface area contributed by atoms with Gasteiger partial charge in [-0.3, -0.25) is 9.59 Å². The maximum Gasteiger partial charge on any atom is 0.311 e. The van der Waals surface area contributed by atoms with Gasteiger partial charge in [-0.15, -0.1) is 0 Å². The minimum Gasteiger partial charge on any atom is -0.459 e. The Morgan fingerprint density at radius 1 is 0.806 bits per heavy atom. The quantitative estimate of drug-likeness (QED) is 0.288.